The molecule has 1 fully saturated rings. The molecule has 1 atom stereocenters. The molecule has 0 N–H and O–H groups in total. The smallest absolute Gasteiger partial charge is 0.264 e. The van der Waals surface area contributed by atoms with E-state index in [0.717, 1.165) is 12.8 Å². The number of nitrogens with zero attached hydrogens (tertiary/aromatic N) is 2. The Morgan fingerprint density at radius 2 is 2.00 bits per heavy atom. The van der Waals surface area contributed by atoms with Crippen molar-refractivity contribution in [3.8, 4) is 11.5 Å². The van der Waals surface area contributed by atoms with E-state index in [9.17, 15) is 4.79 Å². The third-order valence-corrected chi connectivity index (χ3v) is 4.96. The summed E-state index contributed by atoms with van der Waals surface area (Å²) in [6, 6.07) is 15.9. The molecule has 0 spiro atoms. The zero-order valence-corrected chi connectivity index (χ0v) is 17.2. The Bertz CT molecular complexity index is 1020. The van der Waals surface area contributed by atoms with Gasteiger partial charge in [0.25, 0.3) is 5.91 Å². The molecule has 6 nitrogen and oxygen atoms in total. The number of pyridine rings is 1. The van der Waals surface area contributed by atoms with Gasteiger partial charge in [-0.15, -0.1) is 0 Å². The maximum atomic E-state index is 13.4. The van der Waals surface area contributed by atoms with Crippen molar-refractivity contribution >= 4 is 28.9 Å². The number of ether oxygens (including phenoxy) is 3. The lowest BCUT2D eigenvalue weighted by Gasteiger charge is -2.25. The summed E-state index contributed by atoms with van der Waals surface area (Å²) in [4.78, 5) is 19.1. The van der Waals surface area contributed by atoms with Crippen molar-refractivity contribution in [1.82, 2.24) is 4.98 Å². The number of carbonyl (C=O) groups is 1. The topological polar surface area (TPSA) is 60.9 Å². The van der Waals surface area contributed by atoms with E-state index in [1.165, 1.54) is 6.20 Å². The van der Waals surface area contributed by atoms with Gasteiger partial charge in [0.2, 0.25) is 0 Å². The van der Waals surface area contributed by atoms with Gasteiger partial charge in [-0.25, -0.2) is 0 Å². The second kappa shape index (κ2) is 9.15. The summed E-state index contributed by atoms with van der Waals surface area (Å²) in [7, 11) is 1.58. The molecular weight excluding hydrogens is 404 g/mol. The summed E-state index contributed by atoms with van der Waals surface area (Å²) in [6.07, 6.45) is 4.58. The van der Waals surface area contributed by atoms with E-state index in [0.29, 0.717) is 40.1 Å². The molecule has 2 heterocycles. The predicted molar refractivity (Wildman–Crippen MR) is 115 cm³/mol. The first kappa shape index (κ1) is 20.2. The normalized spacial score (nSPS) is 15.6. The van der Waals surface area contributed by atoms with Crippen molar-refractivity contribution in [2.45, 2.75) is 19.1 Å². The van der Waals surface area contributed by atoms with Crippen LogP contribution in [0.2, 0.25) is 5.02 Å². The van der Waals surface area contributed by atoms with Gasteiger partial charge >= 0.3 is 0 Å². The lowest BCUT2D eigenvalue weighted by Crippen LogP contribution is -2.26. The van der Waals surface area contributed by atoms with E-state index in [-0.39, 0.29) is 12.2 Å². The first-order chi connectivity index (χ1) is 14.7. The number of carbonyl (C=O) groups excluding carboxylic acids is 1. The van der Waals surface area contributed by atoms with Crippen LogP contribution in [0.4, 0.5) is 11.4 Å². The minimum absolute atomic E-state index is 0.237. The Hall–Kier alpha value is -3.09. The Morgan fingerprint density at radius 1 is 1.13 bits per heavy atom. The number of hydrogen-bond donors (Lipinski definition) is 0. The van der Waals surface area contributed by atoms with Crippen molar-refractivity contribution < 1.29 is 19.0 Å². The van der Waals surface area contributed by atoms with Crippen molar-refractivity contribution in [3.05, 3.63) is 77.6 Å². The highest BCUT2D eigenvalue weighted by Crippen LogP contribution is 2.37. The van der Waals surface area contributed by atoms with Crippen LogP contribution in [0.15, 0.2) is 67.0 Å². The monoisotopic (exact) mass is 424 g/mol. The van der Waals surface area contributed by atoms with Crippen molar-refractivity contribution in [1.29, 1.82) is 0 Å². The summed E-state index contributed by atoms with van der Waals surface area (Å²) in [6.45, 7) is 0.667. The van der Waals surface area contributed by atoms with Crippen LogP contribution in [0.3, 0.4) is 0 Å². The lowest BCUT2D eigenvalue weighted by atomic mass is 10.1. The Balaban J connectivity index is 1.77. The van der Waals surface area contributed by atoms with Crippen LogP contribution in [-0.4, -0.2) is 30.9 Å². The van der Waals surface area contributed by atoms with Gasteiger partial charge in [0.1, 0.15) is 0 Å². The minimum atomic E-state index is -0.331. The highest BCUT2D eigenvalue weighted by Gasteiger charge is 2.24. The number of hydrogen-bond acceptors (Lipinski definition) is 5. The minimum Gasteiger partial charge on any atom is -0.493 e. The number of aromatic nitrogens is 1. The second-order valence-electron chi connectivity index (χ2n) is 6.76. The summed E-state index contributed by atoms with van der Waals surface area (Å²) in [5, 5.41) is 0.529. The van der Waals surface area contributed by atoms with E-state index in [1.807, 2.05) is 6.07 Å². The maximum absolute atomic E-state index is 13.4. The molecule has 4 rings (SSSR count). The standard InChI is InChI=1S/C23H21ClN2O4/c1-28-20-10-9-19(14-21(20)30-22-8-4-12-29-22)26(18-7-2-6-17(24)13-18)23(27)16-5-3-11-25-15-16/h2-3,5-7,9-11,13-15,22H,4,8,12H2,1H3. The molecule has 0 bridgehead atoms. The molecule has 1 aromatic heterocycles. The molecule has 7 heteroatoms. The molecule has 1 saturated heterocycles. The van der Waals surface area contributed by atoms with E-state index in [2.05, 4.69) is 4.98 Å². The van der Waals surface area contributed by atoms with Gasteiger partial charge in [-0.3, -0.25) is 14.7 Å². The molecular formula is C23H21ClN2O4. The molecule has 1 aliphatic rings. The molecule has 3 aromatic rings. The van der Waals surface area contributed by atoms with Crippen LogP contribution < -0.4 is 14.4 Å². The molecule has 30 heavy (non-hydrogen) atoms. The first-order valence-corrected chi connectivity index (χ1v) is 10.00. The van der Waals surface area contributed by atoms with Crippen LogP contribution in [0.5, 0.6) is 11.5 Å². The summed E-state index contributed by atoms with van der Waals surface area (Å²) in [5.41, 5.74) is 1.69. The fourth-order valence-corrected chi connectivity index (χ4v) is 3.48. The van der Waals surface area contributed by atoms with Crippen LogP contribution in [0.25, 0.3) is 0 Å². The van der Waals surface area contributed by atoms with Gasteiger partial charge in [0, 0.05) is 29.9 Å². The molecule has 2 aromatic carbocycles. The van der Waals surface area contributed by atoms with Gasteiger partial charge in [-0.1, -0.05) is 17.7 Å². The molecule has 0 radical (unpaired) electrons. The first-order valence-electron chi connectivity index (χ1n) is 9.62. The van der Waals surface area contributed by atoms with Crippen LogP contribution in [0.1, 0.15) is 23.2 Å². The number of anilines is 2. The zero-order chi connectivity index (χ0) is 20.9. The third-order valence-electron chi connectivity index (χ3n) is 4.73. The molecule has 154 valence electrons. The highest BCUT2D eigenvalue weighted by atomic mass is 35.5. The number of amides is 1. The van der Waals surface area contributed by atoms with E-state index in [1.54, 1.807) is 66.7 Å². The summed E-state index contributed by atoms with van der Waals surface area (Å²) >= 11 is 6.21. The van der Waals surface area contributed by atoms with Gasteiger partial charge < -0.3 is 14.2 Å². The van der Waals surface area contributed by atoms with Crippen LogP contribution >= 0.6 is 11.6 Å². The number of benzene rings is 2. The second-order valence-corrected chi connectivity index (χ2v) is 7.19. The fraction of sp³-hybridized carbons (Fsp3) is 0.217. The Kier molecular flexibility index (Phi) is 6.16. The van der Waals surface area contributed by atoms with Crippen LogP contribution in [-0.2, 0) is 4.74 Å². The molecule has 0 aliphatic carbocycles. The Labute approximate surface area is 180 Å². The average Bonchev–Trinajstić information content (AvgIpc) is 3.28. The average molecular weight is 425 g/mol. The Morgan fingerprint density at radius 3 is 2.70 bits per heavy atom. The lowest BCUT2D eigenvalue weighted by molar-refractivity contribution is -0.0402. The highest BCUT2D eigenvalue weighted by molar-refractivity contribution is 6.31. The van der Waals surface area contributed by atoms with E-state index >= 15 is 0 Å². The van der Waals surface area contributed by atoms with Crippen LogP contribution in [0, 0.1) is 0 Å². The zero-order valence-electron chi connectivity index (χ0n) is 16.5. The summed E-state index contributed by atoms with van der Waals surface area (Å²) in [5.74, 6) is 0.834. The van der Waals surface area contributed by atoms with Gasteiger partial charge in [-0.05, 0) is 48.9 Å². The van der Waals surface area contributed by atoms with Gasteiger partial charge in [-0.2, -0.15) is 0 Å². The predicted octanol–water partition coefficient (Wildman–Crippen LogP) is 5.24. The summed E-state index contributed by atoms with van der Waals surface area (Å²) < 4.78 is 17.0. The largest absolute Gasteiger partial charge is 0.493 e. The molecule has 1 unspecified atom stereocenters. The molecule has 1 aliphatic heterocycles. The maximum Gasteiger partial charge on any atom is 0.264 e. The van der Waals surface area contributed by atoms with E-state index in [4.69, 9.17) is 25.8 Å². The number of methoxy groups -OCH3 is 1. The molecule has 0 saturated carbocycles. The van der Waals surface area contributed by atoms with Crippen molar-refractivity contribution in [2.75, 3.05) is 18.6 Å². The van der Waals surface area contributed by atoms with Gasteiger partial charge in [0.15, 0.2) is 17.8 Å². The van der Waals surface area contributed by atoms with Gasteiger partial charge in [0.05, 0.1) is 30.7 Å². The quantitative estimate of drug-likeness (QED) is 0.541. The van der Waals surface area contributed by atoms with Crippen molar-refractivity contribution in [3.63, 3.8) is 0 Å². The van der Waals surface area contributed by atoms with E-state index < -0.39 is 0 Å². The SMILES string of the molecule is COc1ccc(N(C(=O)c2cccnc2)c2cccc(Cl)c2)cc1OC1CCCO1. The molecule has 1 amide bonds. The number of rotatable bonds is 6. The number of halogens is 1. The fourth-order valence-electron chi connectivity index (χ4n) is 3.30. The van der Waals surface area contributed by atoms with Crippen molar-refractivity contribution in [2.24, 2.45) is 0 Å². The third kappa shape index (κ3) is 4.40.